The average molecular weight is 377 g/mol. The Labute approximate surface area is 167 Å². The van der Waals surface area contributed by atoms with E-state index in [4.69, 9.17) is 0 Å². The molecule has 4 nitrogen and oxygen atoms in total. The number of hydrogen-bond acceptors (Lipinski definition) is 2. The van der Waals surface area contributed by atoms with Crippen molar-refractivity contribution in [1.82, 2.24) is 9.80 Å². The molecular weight excluding hydrogens is 348 g/mol. The van der Waals surface area contributed by atoms with Gasteiger partial charge in [-0.25, -0.2) is 0 Å². The van der Waals surface area contributed by atoms with Gasteiger partial charge in [0.05, 0.1) is 5.92 Å². The Bertz CT molecular complexity index is 826. The van der Waals surface area contributed by atoms with Crippen molar-refractivity contribution in [3.63, 3.8) is 0 Å². The smallest absolute Gasteiger partial charge is 0.253 e. The fraction of sp³-hybridized carbons (Fsp3) is 0.417. The fourth-order valence-electron chi connectivity index (χ4n) is 4.81. The Morgan fingerprint density at radius 3 is 2.21 bits per heavy atom. The van der Waals surface area contributed by atoms with Crippen LogP contribution >= 0.6 is 0 Å². The van der Waals surface area contributed by atoms with Gasteiger partial charge in [-0.2, -0.15) is 0 Å². The molecule has 0 radical (unpaired) electrons. The Hall–Kier alpha value is -2.62. The standard InChI is InChI=1S/C24H28N2O2/c1-2-25-18-24(17-21(23(25)28)19-9-5-3-6-10-19)13-15-26(16-14-24)22(27)20-11-7-4-8-12-20/h3-12,21H,2,13-18H2,1H3/t21-/m1/s1. The average Bonchev–Trinajstić information content (AvgIpc) is 2.76. The van der Waals surface area contributed by atoms with E-state index < -0.39 is 0 Å². The summed E-state index contributed by atoms with van der Waals surface area (Å²) in [5.41, 5.74) is 1.99. The van der Waals surface area contributed by atoms with Crippen molar-refractivity contribution in [1.29, 1.82) is 0 Å². The van der Waals surface area contributed by atoms with Crippen molar-refractivity contribution in [2.24, 2.45) is 5.41 Å². The fourth-order valence-corrected chi connectivity index (χ4v) is 4.81. The number of benzene rings is 2. The van der Waals surface area contributed by atoms with E-state index in [0.29, 0.717) is 0 Å². The lowest BCUT2D eigenvalue weighted by Crippen LogP contribution is -2.54. The minimum absolute atomic E-state index is 0.0636. The second-order valence-corrected chi connectivity index (χ2v) is 8.18. The molecule has 0 N–H and O–H groups in total. The summed E-state index contributed by atoms with van der Waals surface area (Å²) in [6.07, 6.45) is 2.80. The molecule has 2 fully saturated rings. The normalized spacial score (nSPS) is 21.8. The second-order valence-electron chi connectivity index (χ2n) is 8.18. The zero-order valence-corrected chi connectivity index (χ0v) is 16.5. The number of likely N-dealkylation sites (N-methyl/N-ethyl adjacent to an activating group) is 1. The van der Waals surface area contributed by atoms with Crippen molar-refractivity contribution < 1.29 is 9.59 Å². The van der Waals surface area contributed by atoms with Crippen LogP contribution in [-0.2, 0) is 4.79 Å². The van der Waals surface area contributed by atoms with Crippen molar-refractivity contribution in [3.8, 4) is 0 Å². The van der Waals surface area contributed by atoms with Gasteiger partial charge in [0.1, 0.15) is 0 Å². The van der Waals surface area contributed by atoms with Gasteiger partial charge in [-0.05, 0) is 49.3 Å². The van der Waals surface area contributed by atoms with Crippen LogP contribution in [0.3, 0.4) is 0 Å². The number of rotatable bonds is 3. The Morgan fingerprint density at radius 2 is 1.61 bits per heavy atom. The molecule has 0 saturated carbocycles. The van der Waals surface area contributed by atoms with Crippen LogP contribution in [-0.4, -0.2) is 47.8 Å². The molecule has 0 aromatic heterocycles. The number of nitrogens with zero attached hydrogens (tertiary/aromatic N) is 2. The highest BCUT2D eigenvalue weighted by Crippen LogP contribution is 2.45. The number of amides is 2. The van der Waals surface area contributed by atoms with E-state index in [1.54, 1.807) is 0 Å². The molecule has 4 heteroatoms. The van der Waals surface area contributed by atoms with E-state index in [0.717, 1.165) is 56.6 Å². The van der Waals surface area contributed by atoms with Gasteiger partial charge in [0, 0.05) is 31.7 Å². The zero-order valence-electron chi connectivity index (χ0n) is 16.5. The highest BCUT2D eigenvalue weighted by molar-refractivity contribution is 5.94. The largest absolute Gasteiger partial charge is 0.342 e. The number of hydrogen-bond donors (Lipinski definition) is 0. The summed E-state index contributed by atoms with van der Waals surface area (Å²) in [7, 11) is 0. The summed E-state index contributed by atoms with van der Waals surface area (Å²) in [6.45, 7) is 5.16. The molecule has 28 heavy (non-hydrogen) atoms. The van der Waals surface area contributed by atoms with Crippen molar-refractivity contribution >= 4 is 11.8 Å². The predicted octanol–water partition coefficient (Wildman–Crippen LogP) is 3.95. The Morgan fingerprint density at radius 1 is 1.00 bits per heavy atom. The maximum absolute atomic E-state index is 13.0. The quantitative estimate of drug-likeness (QED) is 0.814. The highest BCUT2D eigenvalue weighted by atomic mass is 16.2. The van der Waals surface area contributed by atoms with Gasteiger partial charge in [0.2, 0.25) is 5.91 Å². The van der Waals surface area contributed by atoms with Crippen molar-refractivity contribution in [2.45, 2.75) is 32.1 Å². The van der Waals surface area contributed by atoms with E-state index in [9.17, 15) is 9.59 Å². The molecule has 0 aliphatic carbocycles. The monoisotopic (exact) mass is 376 g/mol. The summed E-state index contributed by atoms with van der Waals surface area (Å²) >= 11 is 0. The molecule has 2 heterocycles. The van der Waals surface area contributed by atoms with Crippen LogP contribution in [0, 0.1) is 5.41 Å². The molecule has 1 spiro atoms. The molecule has 146 valence electrons. The summed E-state index contributed by atoms with van der Waals surface area (Å²) in [6, 6.07) is 19.7. The van der Waals surface area contributed by atoms with Crippen molar-refractivity contribution in [2.75, 3.05) is 26.2 Å². The Balaban J connectivity index is 1.50. The molecule has 1 atom stereocenters. The maximum Gasteiger partial charge on any atom is 0.253 e. The minimum Gasteiger partial charge on any atom is -0.342 e. The highest BCUT2D eigenvalue weighted by Gasteiger charge is 2.46. The van der Waals surface area contributed by atoms with Crippen LogP contribution < -0.4 is 0 Å². The first-order valence-corrected chi connectivity index (χ1v) is 10.3. The van der Waals surface area contributed by atoms with Crippen molar-refractivity contribution in [3.05, 3.63) is 71.8 Å². The number of likely N-dealkylation sites (tertiary alicyclic amines) is 2. The third-order valence-electron chi connectivity index (χ3n) is 6.49. The number of carbonyl (C=O) groups is 2. The third-order valence-corrected chi connectivity index (χ3v) is 6.49. The lowest BCUT2D eigenvalue weighted by atomic mass is 9.67. The van der Waals surface area contributed by atoms with E-state index in [2.05, 4.69) is 19.1 Å². The summed E-state index contributed by atoms with van der Waals surface area (Å²) < 4.78 is 0. The summed E-state index contributed by atoms with van der Waals surface area (Å²) in [5, 5.41) is 0. The Kier molecular flexibility index (Phi) is 5.21. The van der Waals surface area contributed by atoms with Gasteiger partial charge in [-0.15, -0.1) is 0 Å². The first-order valence-electron chi connectivity index (χ1n) is 10.3. The third kappa shape index (κ3) is 3.56. The minimum atomic E-state index is -0.0636. The molecule has 0 unspecified atom stereocenters. The zero-order chi connectivity index (χ0) is 19.6. The molecule has 4 rings (SSSR count). The van der Waals surface area contributed by atoms with Crippen LogP contribution in [0.15, 0.2) is 60.7 Å². The van der Waals surface area contributed by atoms with E-state index >= 15 is 0 Å². The molecular formula is C24H28N2O2. The SMILES string of the molecule is CCN1CC2(CCN(C(=O)c3ccccc3)CC2)C[C@H](c2ccccc2)C1=O. The summed E-state index contributed by atoms with van der Waals surface area (Å²) in [5.74, 6) is 0.308. The molecule has 2 aromatic carbocycles. The topological polar surface area (TPSA) is 40.6 Å². The molecule has 2 aliphatic rings. The lowest BCUT2D eigenvalue weighted by Gasteiger charge is -2.49. The number of piperidine rings is 2. The van der Waals surface area contributed by atoms with Crippen LogP contribution in [0.25, 0.3) is 0 Å². The van der Waals surface area contributed by atoms with Gasteiger partial charge in [-0.3, -0.25) is 9.59 Å². The summed E-state index contributed by atoms with van der Waals surface area (Å²) in [4.78, 5) is 29.8. The second kappa shape index (κ2) is 7.78. The first-order chi connectivity index (χ1) is 13.6. The lowest BCUT2D eigenvalue weighted by molar-refractivity contribution is -0.141. The van der Waals surface area contributed by atoms with Crippen LogP contribution in [0.5, 0.6) is 0 Å². The van der Waals surface area contributed by atoms with Gasteiger partial charge >= 0.3 is 0 Å². The van der Waals surface area contributed by atoms with Crippen LogP contribution in [0.4, 0.5) is 0 Å². The van der Waals surface area contributed by atoms with Gasteiger partial charge in [-0.1, -0.05) is 48.5 Å². The first kappa shape index (κ1) is 18.7. The van der Waals surface area contributed by atoms with Gasteiger partial charge in [0.15, 0.2) is 0 Å². The molecule has 0 bridgehead atoms. The van der Waals surface area contributed by atoms with E-state index in [1.807, 2.05) is 58.3 Å². The predicted molar refractivity (Wildman–Crippen MR) is 110 cm³/mol. The van der Waals surface area contributed by atoms with Crippen LogP contribution in [0.1, 0.15) is 48.0 Å². The molecule has 2 amide bonds. The van der Waals surface area contributed by atoms with Crippen LogP contribution in [0.2, 0.25) is 0 Å². The molecule has 2 aromatic rings. The van der Waals surface area contributed by atoms with E-state index in [-0.39, 0.29) is 23.1 Å². The number of carbonyl (C=O) groups excluding carboxylic acids is 2. The maximum atomic E-state index is 13.0. The molecule has 2 saturated heterocycles. The van der Waals surface area contributed by atoms with E-state index in [1.165, 1.54) is 0 Å². The van der Waals surface area contributed by atoms with Gasteiger partial charge < -0.3 is 9.80 Å². The molecule has 2 aliphatic heterocycles. The van der Waals surface area contributed by atoms with Gasteiger partial charge in [0.25, 0.3) is 5.91 Å².